The van der Waals surface area contributed by atoms with Crippen molar-refractivity contribution in [2.45, 2.75) is 91.3 Å². The van der Waals surface area contributed by atoms with Crippen molar-refractivity contribution in [3.63, 3.8) is 0 Å². The molecule has 0 rings (SSSR count). The Bertz CT molecular complexity index is 245. The Kier molecular flexibility index (Phi) is 15.0. The monoisotopic (exact) mass is 314 g/mol. The van der Waals surface area contributed by atoms with Crippen LogP contribution in [0.25, 0.3) is 0 Å². The van der Waals surface area contributed by atoms with E-state index in [1.54, 1.807) is 6.26 Å². The van der Waals surface area contributed by atoms with Crippen molar-refractivity contribution in [2.75, 3.05) is 19.8 Å². The molecular formula is C19H38O3. The summed E-state index contributed by atoms with van der Waals surface area (Å²) >= 11 is 0. The van der Waals surface area contributed by atoms with Crippen LogP contribution in [0.4, 0.5) is 0 Å². The van der Waals surface area contributed by atoms with E-state index in [1.807, 2.05) is 19.9 Å². The Morgan fingerprint density at radius 3 is 1.91 bits per heavy atom. The molecule has 0 heterocycles. The second-order valence-corrected chi connectivity index (χ2v) is 5.74. The Morgan fingerprint density at radius 2 is 1.36 bits per heavy atom. The molecule has 0 aliphatic heterocycles. The van der Waals surface area contributed by atoms with Crippen molar-refractivity contribution < 1.29 is 14.2 Å². The van der Waals surface area contributed by atoms with Crippen LogP contribution in [0.15, 0.2) is 12.3 Å². The normalized spacial score (nSPS) is 12.2. The van der Waals surface area contributed by atoms with E-state index in [2.05, 4.69) is 13.8 Å². The van der Waals surface area contributed by atoms with Gasteiger partial charge in [0.1, 0.15) is 6.61 Å². The SMILES string of the molecule is CCC=COCC(CCCCCCCCC)(OCC)OCC. The summed E-state index contributed by atoms with van der Waals surface area (Å²) in [5.74, 6) is -0.578. The van der Waals surface area contributed by atoms with Crippen molar-refractivity contribution in [2.24, 2.45) is 0 Å². The molecule has 0 unspecified atom stereocenters. The second kappa shape index (κ2) is 15.4. The van der Waals surface area contributed by atoms with E-state index in [-0.39, 0.29) is 0 Å². The molecule has 0 saturated heterocycles. The fourth-order valence-electron chi connectivity index (χ4n) is 2.56. The predicted octanol–water partition coefficient (Wildman–Crippen LogP) is 5.84. The van der Waals surface area contributed by atoms with Crippen molar-refractivity contribution >= 4 is 0 Å². The van der Waals surface area contributed by atoms with Gasteiger partial charge in [0.15, 0.2) is 0 Å². The molecule has 0 saturated carbocycles. The molecular weight excluding hydrogens is 276 g/mol. The van der Waals surface area contributed by atoms with Gasteiger partial charge in [-0.25, -0.2) is 0 Å². The van der Waals surface area contributed by atoms with Gasteiger partial charge in [-0.2, -0.15) is 0 Å². The Morgan fingerprint density at radius 1 is 0.773 bits per heavy atom. The Hall–Kier alpha value is -0.540. The van der Waals surface area contributed by atoms with E-state index >= 15 is 0 Å². The van der Waals surface area contributed by atoms with Gasteiger partial charge in [-0.15, -0.1) is 0 Å². The van der Waals surface area contributed by atoms with Gasteiger partial charge in [-0.1, -0.05) is 58.4 Å². The molecule has 3 heteroatoms. The Labute approximate surface area is 138 Å². The molecule has 0 fully saturated rings. The summed E-state index contributed by atoms with van der Waals surface area (Å²) in [5, 5.41) is 0. The van der Waals surface area contributed by atoms with Crippen LogP contribution in [0.1, 0.15) is 85.5 Å². The van der Waals surface area contributed by atoms with Crippen LogP contribution >= 0.6 is 0 Å². The minimum absolute atomic E-state index is 0.473. The quantitative estimate of drug-likeness (QED) is 0.203. The first kappa shape index (κ1) is 21.5. The van der Waals surface area contributed by atoms with E-state index in [0.29, 0.717) is 19.8 Å². The van der Waals surface area contributed by atoms with E-state index in [4.69, 9.17) is 14.2 Å². The molecule has 0 aromatic rings. The molecule has 22 heavy (non-hydrogen) atoms. The molecule has 0 N–H and O–H groups in total. The highest BCUT2D eigenvalue weighted by molar-refractivity contribution is 4.75. The largest absolute Gasteiger partial charge is 0.496 e. The maximum Gasteiger partial charge on any atom is 0.202 e. The lowest BCUT2D eigenvalue weighted by Crippen LogP contribution is -2.40. The van der Waals surface area contributed by atoms with Crippen LogP contribution in [0.3, 0.4) is 0 Å². The standard InChI is InChI=1S/C19H38O3/c1-5-9-11-12-13-14-15-16-19(21-7-3,22-8-4)18-20-17-10-6-2/h10,17H,5-9,11-16,18H2,1-4H3. The molecule has 0 radical (unpaired) electrons. The average molecular weight is 315 g/mol. The fraction of sp³-hybridized carbons (Fsp3) is 0.895. The minimum Gasteiger partial charge on any atom is -0.496 e. The first-order valence-corrected chi connectivity index (χ1v) is 9.29. The summed E-state index contributed by atoms with van der Waals surface area (Å²) in [4.78, 5) is 0. The molecule has 0 aromatic carbocycles. The number of rotatable bonds is 16. The molecule has 0 bridgehead atoms. The molecule has 0 atom stereocenters. The number of allylic oxidation sites excluding steroid dienone is 1. The average Bonchev–Trinajstić information content (AvgIpc) is 2.51. The van der Waals surface area contributed by atoms with E-state index in [0.717, 1.165) is 19.3 Å². The van der Waals surface area contributed by atoms with Gasteiger partial charge in [-0.05, 0) is 26.7 Å². The molecule has 0 aromatic heterocycles. The third kappa shape index (κ3) is 11.1. The van der Waals surface area contributed by atoms with Crippen molar-refractivity contribution in [3.8, 4) is 0 Å². The number of ether oxygens (including phenoxy) is 3. The summed E-state index contributed by atoms with van der Waals surface area (Å²) in [6.45, 7) is 10.2. The summed E-state index contributed by atoms with van der Waals surface area (Å²) < 4.78 is 17.5. The van der Waals surface area contributed by atoms with Crippen LogP contribution in [0.2, 0.25) is 0 Å². The van der Waals surface area contributed by atoms with Gasteiger partial charge in [0.05, 0.1) is 6.26 Å². The van der Waals surface area contributed by atoms with Crippen LogP contribution < -0.4 is 0 Å². The van der Waals surface area contributed by atoms with Crippen molar-refractivity contribution in [1.29, 1.82) is 0 Å². The molecule has 0 aliphatic rings. The first-order valence-electron chi connectivity index (χ1n) is 9.29. The summed E-state index contributed by atoms with van der Waals surface area (Å²) in [5.41, 5.74) is 0. The third-order valence-electron chi connectivity index (χ3n) is 3.71. The lowest BCUT2D eigenvalue weighted by atomic mass is 10.0. The van der Waals surface area contributed by atoms with Crippen molar-refractivity contribution in [3.05, 3.63) is 12.3 Å². The molecule has 0 aliphatic carbocycles. The maximum absolute atomic E-state index is 5.91. The second-order valence-electron chi connectivity index (χ2n) is 5.74. The third-order valence-corrected chi connectivity index (χ3v) is 3.71. The summed E-state index contributed by atoms with van der Waals surface area (Å²) in [6, 6.07) is 0. The lowest BCUT2D eigenvalue weighted by Gasteiger charge is -2.32. The number of hydrogen-bond donors (Lipinski definition) is 0. The van der Waals surface area contributed by atoms with Crippen LogP contribution in [-0.2, 0) is 14.2 Å². The van der Waals surface area contributed by atoms with Crippen LogP contribution in [-0.4, -0.2) is 25.6 Å². The van der Waals surface area contributed by atoms with Crippen molar-refractivity contribution in [1.82, 2.24) is 0 Å². The lowest BCUT2D eigenvalue weighted by molar-refractivity contribution is -0.255. The highest BCUT2D eigenvalue weighted by atomic mass is 16.7. The first-order chi connectivity index (χ1) is 10.7. The number of hydrogen-bond acceptors (Lipinski definition) is 3. The molecule has 0 amide bonds. The van der Waals surface area contributed by atoms with E-state index in [1.165, 1.54) is 38.5 Å². The van der Waals surface area contributed by atoms with E-state index in [9.17, 15) is 0 Å². The molecule has 0 spiro atoms. The van der Waals surface area contributed by atoms with Gasteiger partial charge >= 0.3 is 0 Å². The molecule has 3 nitrogen and oxygen atoms in total. The van der Waals surface area contributed by atoms with Gasteiger partial charge in [-0.3, -0.25) is 0 Å². The van der Waals surface area contributed by atoms with E-state index < -0.39 is 5.79 Å². The topological polar surface area (TPSA) is 27.7 Å². The van der Waals surface area contributed by atoms with Gasteiger partial charge in [0.2, 0.25) is 5.79 Å². The van der Waals surface area contributed by atoms with Crippen LogP contribution in [0.5, 0.6) is 0 Å². The van der Waals surface area contributed by atoms with Gasteiger partial charge in [0.25, 0.3) is 0 Å². The summed E-state index contributed by atoms with van der Waals surface area (Å²) in [6.07, 6.45) is 14.7. The van der Waals surface area contributed by atoms with Crippen LogP contribution in [0, 0.1) is 0 Å². The summed E-state index contributed by atoms with van der Waals surface area (Å²) in [7, 11) is 0. The highest BCUT2D eigenvalue weighted by Gasteiger charge is 2.31. The fourth-order valence-corrected chi connectivity index (χ4v) is 2.56. The maximum atomic E-state index is 5.91. The zero-order valence-corrected chi connectivity index (χ0v) is 15.4. The Balaban J connectivity index is 4.17. The smallest absolute Gasteiger partial charge is 0.202 e. The minimum atomic E-state index is -0.578. The predicted molar refractivity (Wildman–Crippen MR) is 94.0 cm³/mol. The number of unbranched alkanes of at least 4 members (excludes halogenated alkanes) is 6. The molecule has 132 valence electrons. The zero-order chi connectivity index (χ0) is 16.5. The highest BCUT2D eigenvalue weighted by Crippen LogP contribution is 2.23. The zero-order valence-electron chi connectivity index (χ0n) is 15.4. The van der Waals surface area contributed by atoms with Gasteiger partial charge < -0.3 is 14.2 Å². The van der Waals surface area contributed by atoms with Gasteiger partial charge in [0, 0.05) is 19.6 Å².